The van der Waals surface area contributed by atoms with Crippen molar-refractivity contribution in [3.63, 3.8) is 0 Å². The molecule has 0 amide bonds. The third kappa shape index (κ3) is 2.11. The summed E-state index contributed by atoms with van der Waals surface area (Å²) >= 11 is 0. The molecule has 0 bridgehead atoms. The molecule has 0 atom stereocenters. The monoisotopic (exact) mass is 270 g/mol. The normalized spacial score (nSPS) is 10.9. The minimum absolute atomic E-state index is 0.983. The Labute approximate surface area is 123 Å². The maximum atomic E-state index is 4.56. The lowest BCUT2D eigenvalue weighted by Gasteiger charge is -2.06. The fraction of sp³-hybridized carbons (Fsp3) is 0. The molecule has 0 spiro atoms. The Morgan fingerprint density at radius 3 is 2.05 bits per heavy atom. The highest BCUT2D eigenvalue weighted by molar-refractivity contribution is 5.69. The van der Waals surface area contributed by atoms with Crippen LogP contribution in [0.15, 0.2) is 85.2 Å². The molecule has 4 rings (SSSR count). The van der Waals surface area contributed by atoms with Crippen LogP contribution >= 0.6 is 0 Å². The van der Waals surface area contributed by atoms with E-state index in [0.717, 1.165) is 16.8 Å². The molecule has 4 aromatic rings. The smallest absolute Gasteiger partial charge is 0.0868 e. The molecule has 0 saturated heterocycles. The van der Waals surface area contributed by atoms with Crippen molar-refractivity contribution in [2.24, 2.45) is 0 Å². The van der Waals surface area contributed by atoms with Crippen molar-refractivity contribution in [2.45, 2.75) is 0 Å². The van der Waals surface area contributed by atoms with Gasteiger partial charge in [0, 0.05) is 11.8 Å². The van der Waals surface area contributed by atoms with Gasteiger partial charge < -0.3 is 4.40 Å². The average Bonchev–Trinajstić information content (AvgIpc) is 2.99. The molecule has 0 unspecified atom stereocenters. The molecule has 0 aliphatic heterocycles. The fourth-order valence-electron chi connectivity index (χ4n) is 2.61. The van der Waals surface area contributed by atoms with Crippen molar-refractivity contribution < 1.29 is 0 Å². The Morgan fingerprint density at radius 1 is 0.667 bits per heavy atom. The highest BCUT2D eigenvalue weighted by Crippen LogP contribution is 2.24. The zero-order valence-corrected chi connectivity index (χ0v) is 11.5. The van der Waals surface area contributed by atoms with Gasteiger partial charge in [-0.3, -0.25) is 4.98 Å². The maximum absolute atomic E-state index is 4.56. The van der Waals surface area contributed by atoms with Crippen molar-refractivity contribution in [1.29, 1.82) is 0 Å². The predicted octanol–water partition coefficient (Wildman–Crippen LogP) is 4.67. The van der Waals surface area contributed by atoms with Gasteiger partial charge in [0.15, 0.2) is 0 Å². The van der Waals surface area contributed by atoms with Gasteiger partial charge in [-0.05, 0) is 17.7 Å². The van der Waals surface area contributed by atoms with Crippen molar-refractivity contribution in [2.75, 3.05) is 0 Å². The van der Waals surface area contributed by atoms with E-state index in [4.69, 9.17) is 0 Å². The Morgan fingerprint density at radius 2 is 1.33 bits per heavy atom. The van der Waals surface area contributed by atoms with Gasteiger partial charge in [-0.2, -0.15) is 0 Å². The van der Waals surface area contributed by atoms with E-state index in [1.807, 2.05) is 30.5 Å². The van der Waals surface area contributed by atoms with E-state index in [9.17, 15) is 0 Å². The Kier molecular flexibility index (Phi) is 2.79. The minimum atomic E-state index is 0.983. The molecule has 2 aromatic heterocycles. The molecule has 0 aliphatic carbocycles. The largest absolute Gasteiger partial charge is 0.313 e. The number of rotatable bonds is 2. The van der Waals surface area contributed by atoms with Gasteiger partial charge in [-0.15, -0.1) is 0 Å². The lowest BCUT2D eigenvalue weighted by Crippen LogP contribution is -1.92. The highest BCUT2D eigenvalue weighted by Gasteiger charge is 2.06. The zero-order chi connectivity index (χ0) is 14.1. The van der Waals surface area contributed by atoms with E-state index in [1.165, 1.54) is 11.3 Å². The maximum Gasteiger partial charge on any atom is 0.0868 e. The van der Waals surface area contributed by atoms with Crippen molar-refractivity contribution in [3.05, 3.63) is 85.2 Å². The summed E-state index contributed by atoms with van der Waals surface area (Å²) in [7, 11) is 0. The zero-order valence-electron chi connectivity index (χ0n) is 11.5. The van der Waals surface area contributed by atoms with Crippen LogP contribution < -0.4 is 0 Å². The topological polar surface area (TPSA) is 17.3 Å². The van der Waals surface area contributed by atoms with Gasteiger partial charge in [-0.1, -0.05) is 60.7 Å². The molecule has 2 aromatic carbocycles. The average molecular weight is 270 g/mol. The predicted molar refractivity (Wildman–Crippen MR) is 86.1 cm³/mol. The van der Waals surface area contributed by atoms with E-state index in [1.54, 1.807) is 0 Å². The fourth-order valence-corrected chi connectivity index (χ4v) is 2.61. The van der Waals surface area contributed by atoms with Crippen LogP contribution in [0.4, 0.5) is 0 Å². The van der Waals surface area contributed by atoms with Crippen molar-refractivity contribution in [1.82, 2.24) is 9.38 Å². The van der Waals surface area contributed by atoms with Crippen molar-refractivity contribution in [3.8, 4) is 22.5 Å². The number of benzene rings is 2. The van der Waals surface area contributed by atoms with Gasteiger partial charge >= 0.3 is 0 Å². The van der Waals surface area contributed by atoms with Crippen LogP contribution in [-0.2, 0) is 0 Å². The van der Waals surface area contributed by atoms with Crippen LogP contribution in [0.3, 0.4) is 0 Å². The van der Waals surface area contributed by atoms with Gasteiger partial charge in [0.25, 0.3) is 0 Å². The van der Waals surface area contributed by atoms with E-state index in [2.05, 4.69) is 64.1 Å². The number of hydrogen-bond acceptors (Lipinski definition) is 1. The highest BCUT2D eigenvalue weighted by atomic mass is 14.9. The molecule has 0 radical (unpaired) electrons. The van der Waals surface area contributed by atoms with Crippen molar-refractivity contribution >= 4 is 5.52 Å². The molecule has 0 aliphatic rings. The van der Waals surface area contributed by atoms with Gasteiger partial charge in [-0.25, -0.2) is 0 Å². The lowest BCUT2D eigenvalue weighted by molar-refractivity contribution is 1.15. The van der Waals surface area contributed by atoms with Crippen LogP contribution in [0.5, 0.6) is 0 Å². The second kappa shape index (κ2) is 4.91. The molecular formula is C19H14N2. The van der Waals surface area contributed by atoms with E-state index in [-0.39, 0.29) is 0 Å². The van der Waals surface area contributed by atoms with Gasteiger partial charge in [0.2, 0.25) is 0 Å². The third-order valence-electron chi connectivity index (χ3n) is 3.68. The van der Waals surface area contributed by atoms with Crippen LogP contribution in [0, 0.1) is 0 Å². The summed E-state index contributed by atoms with van der Waals surface area (Å²) in [5.74, 6) is 0. The van der Waals surface area contributed by atoms with Crippen LogP contribution in [0.25, 0.3) is 28.0 Å². The summed E-state index contributed by atoms with van der Waals surface area (Å²) in [5.41, 5.74) is 5.62. The van der Waals surface area contributed by atoms with E-state index >= 15 is 0 Å². The summed E-state index contributed by atoms with van der Waals surface area (Å²) in [6, 6.07) is 24.9. The molecule has 2 nitrogen and oxygen atoms in total. The van der Waals surface area contributed by atoms with E-state index in [0.29, 0.717) is 0 Å². The first-order valence-electron chi connectivity index (χ1n) is 7.00. The Bertz CT molecular complexity index is 877. The lowest BCUT2D eigenvalue weighted by atomic mass is 10.1. The number of nitrogens with zero attached hydrogens (tertiary/aromatic N) is 2. The standard InChI is InChI=1S/C19H14N2/c1-3-7-15(8-4-1)18-14-21-17(13-20-18)11-12-19(21)16-9-5-2-6-10-16/h1-14H. The van der Waals surface area contributed by atoms with Crippen LogP contribution in [-0.4, -0.2) is 9.38 Å². The molecule has 2 heteroatoms. The second-order valence-corrected chi connectivity index (χ2v) is 5.02. The summed E-state index contributed by atoms with van der Waals surface area (Å²) < 4.78 is 2.20. The molecule has 100 valence electrons. The Hall–Kier alpha value is -2.87. The second-order valence-electron chi connectivity index (χ2n) is 5.02. The third-order valence-corrected chi connectivity index (χ3v) is 3.68. The molecule has 21 heavy (non-hydrogen) atoms. The number of aromatic nitrogens is 2. The summed E-state index contributed by atoms with van der Waals surface area (Å²) in [5, 5.41) is 0. The van der Waals surface area contributed by atoms with Crippen LogP contribution in [0.1, 0.15) is 0 Å². The molecule has 0 fully saturated rings. The molecule has 0 N–H and O–H groups in total. The minimum Gasteiger partial charge on any atom is -0.313 e. The first-order chi connectivity index (χ1) is 10.4. The summed E-state index contributed by atoms with van der Waals surface area (Å²) in [4.78, 5) is 4.56. The molecule has 2 heterocycles. The summed E-state index contributed by atoms with van der Waals surface area (Å²) in [6.07, 6.45) is 4.03. The SMILES string of the molecule is c1ccc(-c2cn3c(-c4ccccc4)ccc3cn2)cc1. The van der Waals surface area contributed by atoms with Gasteiger partial charge in [0.1, 0.15) is 0 Å². The summed E-state index contributed by atoms with van der Waals surface area (Å²) in [6.45, 7) is 0. The molecular weight excluding hydrogens is 256 g/mol. The van der Waals surface area contributed by atoms with Gasteiger partial charge in [0.05, 0.1) is 23.1 Å². The first kappa shape index (κ1) is 11.9. The first-order valence-corrected chi connectivity index (χ1v) is 7.00. The number of hydrogen-bond donors (Lipinski definition) is 0. The number of fused-ring (bicyclic) bond motifs is 1. The quantitative estimate of drug-likeness (QED) is 0.517. The van der Waals surface area contributed by atoms with Crippen LogP contribution in [0.2, 0.25) is 0 Å². The Balaban J connectivity index is 1.91. The molecule has 0 saturated carbocycles. The van der Waals surface area contributed by atoms with E-state index < -0.39 is 0 Å².